The zero-order valence-corrected chi connectivity index (χ0v) is 28.3. The normalized spacial score (nSPS) is 15.7. The molecule has 13 heteroatoms. The molecular weight excluding hydrogens is 627 g/mol. The number of rotatable bonds is 12. The molecule has 0 atom stereocenters. The van der Waals surface area contributed by atoms with Crippen molar-refractivity contribution in [2.75, 3.05) is 66.2 Å². The van der Waals surface area contributed by atoms with Crippen molar-refractivity contribution >= 4 is 48.7 Å². The molecule has 0 bridgehead atoms. The SMILES string of the molecule is CCN(CC)S(=O)(=O)c1ccc(N2CCCC2)c(C(=O)Nc2ccc(N3CCCCC3)c(S(=O)(=O)Nc3ccc(OC)cc3)c2)c1. The molecule has 248 valence electrons. The number of amides is 1. The Morgan fingerprint density at radius 2 is 1.33 bits per heavy atom. The average molecular weight is 670 g/mol. The van der Waals surface area contributed by atoms with Gasteiger partial charge in [-0.2, -0.15) is 4.31 Å². The van der Waals surface area contributed by atoms with Crippen molar-refractivity contribution in [3.63, 3.8) is 0 Å². The van der Waals surface area contributed by atoms with Crippen LogP contribution in [0.3, 0.4) is 0 Å². The first-order valence-electron chi connectivity index (χ1n) is 15.8. The van der Waals surface area contributed by atoms with Crippen LogP contribution in [0.1, 0.15) is 56.3 Å². The number of nitrogens with zero attached hydrogens (tertiary/aromatic N) is 3. The third-order valence-corrected chi connectivity index (χ3v) is 12.0. The highest BCUT2D eigenvalue weighted by Gasteiger charge is 2.28. The quantitative estimate of drug-likeness (QED) is 0.264. The van der Waals surface area contributed by atoms with E-state index >= 15 is 0 Å². The third kappa shape index (κ3) is 7.26. The summed E-state index contributed by atoms with van der Waals surface area (Å²) in [5.41, 5.74) is 2.08. The Hall–Kier alpha value is -3.81. The molecule has 5 rings (SSSR count). The molecule has 3 aromatic carbocycles. The molecule has 1 amide bonds. The second-order valence-electron chi connectivity index (χ2n) is 11.5. The average Bonchev–Trinajstić information content (AvgIpc) is 3.61. The van der Waals surface area contributed by atoms with Crippen LogP contribution in [0.5, 0.6) is 5.75 Å². The summed E-state index contributed by atoms with van der Waals surface area (Å²) < 4.78 is 63.7. The van der Waals surface area contributed by atoms with Crippen LogP contribution in [0.25, 0.3) is 0 Å². The molecule has 0 spiro atoms. The van der Waals surface area contributed by atoms with Crippen molar-refractivity contribution in [1.82, 2.24) is 4.31 Å². The zero-order valence-electron chi connectivity index (χ0n) is 26.7. The van der Waals surface area contributed by atoms with E-state index in [1.165, 1.54) is 23.5 Å². The van der Waals surface area contributed by atoms with Crippen LogP contribution in [-0.4, -0.2) is 73.4 Å². The van der Waals surface area contributed by atoms with Gasteiger partial charge in [0.05, 0.1) is 23.3 Å². The van der Waals surface area contributed by atoms with Crippen LogP contribution in [0, 0.1) is 0 Å². The van der Waals surface area contributed by atoms with E-state index in [4.69, 9.17) is 4.74 Å². The highest BCUT2D eigenvalue weighted by atomic mass is 32.2. The molecule has 0 aromatic heterocycles. The van der Waals surface area contributed by atoms with E-state index in [0.717, 1.165) is 58.3 Å². The number of benzene rings is 3. The second kappa shape index (κ2) is 14.3. The highest BCUT2D eigenvalue weighted by molar-refractivity contribution is 7.93. The minimum Gasteiger partial charge on any atom is -0.497 e. The number of methoxy groups -OCH3 is 1. The zero-order chi connectivity index (χ0) is 32.9. The van der Waals surface area contributed by atoms with Crippen molar-refractivity contribution in [3.8, 4) is 5.75 Å². The van der Waals surface area contributed by atoms with E-state index < -0.39 is 26.0 Å². The fourth-order valence-electron chi connectivity index (χ4n) is 6.07. The first-order valence-corrected chi connectivity index (χ1v) is 18.8. The molecule has 3 aromatic rings. The number of ether oxygens (including phenoxy) is 1. The molecule has 2 aliphatic heterocycles. The highest BCUT2D eigenvalue weighted by Crippen LogP contribution is 2.34. The van der Waals surface area contributed by atoms with Gasteiger partial charge in [0.15, 0.2) is 0 Å². The Morgan fingerprint density at radius 1 is 0.761 bits per heavy atom. The maximum atomic E-state index is 13.9. The summed E-state index contributed by atoms with van der Waals surface area (Å²) >= 11 is 0. The summed E-state index contributed by atoms with van der Waals surface area (Å²) in [5, 5.41) is 2.88. The van der Waals surface area contributed by atoms with Crippen LogP contribution < -0.4 is 24.6 Å². The van der Waals surface area contributed by atoms with Crippen LogP contribution in [0.15, 0.2) is 70.5 Å². The van der Waals surface area contributed by atoms with Gasteiger partial charge in [0.25, 0.3) is 15.9 Å². The number of sulfonamides is 2. The number of piperidine rings is 1. The molecule has 0 saturated carbocycles. The van der Waals surface area contributed by atoms with Gasteiger partial charge >= 0.3 is 0 Å². The molecular formula is C33H43N5O6S2. The number of hydrogen-bond acceptors (Lipinski definition) is 8. The lowest BCUT2D eigenvalue weighted by molar-refractivity contribution is 0.102. The third-order valence-electron chi connectivity index (χ3n) is 8.55. The molecule has 0 unspecified atom stereocenters. The summed E-state index contributed by atoms with van der Waals surface area (Å²) in [7, 11) is -6.35. The molecule has 0 radical (unpaired) electrons. The Balaban J connectivity index is 1.52. The van der Waals surface area contributed by atoms with Gasteiger partial charge in [-0.05, 0) is 92.8 Å². The first kappa shape index (κ1) is 33.6. The van der Waals surface area contributed by atoms with E-state index in [0.29, 0.717) is 35.9 Å². The molecule has 46 heavy (non-hydrogen) atoms. The lowest BCUT2D eigenvalue weighted by Crippen LogP contribution is -2.31. The van der Waals surface area contributed by atoms with Crippen LogP contribution >= 0.6 is 0 Å². The Kier molecular flexibility index (Phi) is 10.4. The minimum atomic E-state index is -4.08. The minimum absolute atomic E-state index is 0.0386. The fraction of sp³-hybridized carbons (Fsp3) is 0.424. The van der Waals surface area contributed by atoms with Gasteiger partial charge in [-0.25, -0.2) is 16.8 Å². The van der Waals surface area contributed by atoms with Gasteiger partial charge in [-0.1, -0.05) is 13.8 Å². The fourth-order valence-corrected chi connectivity index (χ4v) is 8.87. The Morgan fingerprint density at radius 3 is 1.93 bits per heavy atom. The summed E-state index contributed by atoms with van der Waals surface area (Å²) in [6.45, 7) is 7.12. The van der Waals surface area contributed by atoms with Gasteiger partial charge in [-0.15, -0.1) is 0 Å². The predicted molar refractivity (Wildman–Crippen MR) is 182 cm³/mol. The van der Waals surface area contributed by atoms with Gasteiger partial charge < -0.3 is 19.9 Å². The molecule has 2 heterocycles. The summed E-state index contributed by atoms with van der Waals surface area (Å²) in [4.78, 5) is 18.2. The Labute approximate surface area is 272 Å². The molecule has 2 N–H and O–H groups in total. The van der Waals surface area contributed by atoms with E-state index in [1.807, 2.05) is 0 Å². The van der Waals surface area contributed by atoms with Gasteiger partial charge in [0, 0.05) is 56.3 Å². The predicted octanol–water partition coefficient (Wildman–Crippen LogP) is 5.37. The largest absolute Gasteiger partial charge is 0.497 e. The van der Waals surface area contributed by atoms with Crippen molar-refractivity contribution in [2.24, 2.45) is 0 Å². The molecule has 2 aliphatic rings. The van der Waals surface area contributed by atoms with E-state index in [9.17, 15) is 21.6 Å². The number of carbonyl (C=O) groups is 1. The van der Waals surface area contributed by atoms with Crippen LogP contribution in [0.2, 0.25) is 0 Å². The lowest BCUT2D eigenvalue weighted by atomic mass is 10.1. The number of nitrogens with one attached hydrogen (secondary N) is 2. The monoisotopic (exact) mass is 669 g/mol. The first-order chi connectivity index (χ1) is 22.1. The smallest absolute Gasteiger partial charge is 0.264 e. The maximum Gasteiger partial charge on any atom is 0.264 e. The summed E-state index contributed by atoms with van der Waals surface area (Å²) in [5.74, 6) is 0.0830. The van der Waals surface area contributed by atoms with Crippen molar-refractivity contribution in [3.05, 3.63) is 66.2 Å². The molecule has 11 nitrogen and oxygen atoms in total. The topological polar surface area (TPSA) is 128 Å². The standard InChI is InChI=1S/C33H43N5O6S2/c1-4-38(5-2)46(42,43)28-16-18-30(36-21-9-10-22-36)29(24-28)33(39)34-26-13-17-31(37-19-7-6-8-20-37)32(23-26)45(40,41)35-25-11-14-27(44-3)15-12-25/h11-18,23-24,35H,4-10,19-22H2,1-3H3,(H,34,39). The van der Waals surface area contributed by atoms with Gasteiger partial charge in [-0.3, -0.25) is 9.52 Å². The van der Waals surface area contributed by atoms with Crippen LogP contribution in [0.4, 0.5) is 22.7 Å². The molecule has 2 fully saturated rings. The molecule has 0 aliphatic carbocycles. The van der Waals surface area contributed by atoms with E-state index in [-0.39, 0.29) is 21.0 Å². The number of anilines is 4. The van der Waals surface area contributed by atoms with Gasteiger partial charge in [0.1, 0.15) is 10.6 Å². The van der Waals surface area contributed by atoms with Crippen molar-refractivity contribution < 1.29 is 26.4 Å². The van der Waals surface area contributed by atoms with E-state index in [1.54, 1.807) is 62.4 Å². The molecule has 2 saturated heterocycles. The number of hydrogen-bond donors (Lipinski definition) is 2. The number of carbonyl (C=O) groups excluding carboxylic acids is 1. The van der Waals surface area contributed by atoms with Crippen LogP contribution in [-0.2, 0) is 20.0 Å². The van der Waals surface area contributed by atoms with Crippen molar-refractivity contribution in [1.29, 1.82) is 0 Å². The Bertz CT molecular complexity index is 1750. The van der Waals surface area contributed by atoms with Crippen molar-refractivity contribution in [2.45, 2.75) is 55.7 Å². The summed E-state index contributed by atoms with van der Waals surface area (Å²) in [6, 6.07) is 16.2. The maximum absolute atomic E-state index is 13.9. The van der Waals surface area contributed by atoms with Gasteiger partial charge in [0.2, 0.25) is 10.0 Å². The van der Waals surface area contributed by atoms with E-state index in [2.05, 4.69) is 19.8 Å². The summed E-state index contributed by atoms with van der Waals surface area (Å²) in [6.07, 6.45) is 4.94. The lowest BCUT2D eigenvalue weighted by Gasteiger charge is -2.30. The second-order valence-corrected chi connectivity index (χ2v) is 15.1.